The molecule has 4 aromatic rings. The van der Waals surface area contributed by atoms with Crippen LogP contribution in [0.5, 0.6) is 0 Å². The number of aromatic nitrogens is 3. The molecule has 48 heavy (non-hydrogen) atoms. The normalized spacial score (nSPS) is 24.5. The molecule has 3 aliphatic heterocycles. The lowest BCUT2D eigenvalue weighted by atomic mass is 9.82. The van der Waals surface area contributed by atoms with E-state index in [1.54, 1.807) is 42.2 Å². The molecular formula is C36H39FN6O4Si. The van der Waals surface area contributed by atoms with Crippen LogP contribution in [0.3, 0.4) is 0 Å². The molecule has 10 nitrogen and oxygen atoms in total. The zero-order valence-corrected chi connectivity index (χ0v) is 28.2. The van der Waals surface area contributed by atoms with Gasteiger partial charge in [0.1, 0.15) is 0 Å². The van der Waals surface area contributed by atoms with Gasteiger partial charge in [-0.15, -0.1) is 5.10 Å². The van der Waals surface area contributed by atoms with E-state index in [2.05, 4.69) is 15.6 Å². The number of ether oxygens (including phenoxy) is 1. The highest BCUT2D eigenvalue weighted by molar-refractivity contribution is 6.72. The van der Waals surface area contributed by atoms with Gasteiger partial charge in [0.15, 0.2) is 5.60 Å². The van der Waals surface area contributed by atoms with E-state index in [0.29, 0.717) is 48.4 Å². The molecule has 5 atom stereocenters. The second-order valence-electron chi connectivity index (χ2n) is 13.4. The van der Waals surface area contributed by atoms with Crippen molar-refractivity contribution in [3.63, 3.8) is 0 Å². The van der Waals surface area contributed by atoms with E-state index in [9.17, 15) is 14.7 Å². The summed E-state index contributed by atoms with van der Waals surface area (Å²) in [4.78, 5) is 27.0. The van der Waals surface area contributed by atoms with E-state index in [4.69, 9.17) is 9.84 Å². The first kappa shape index (κ1) is 32.0. The van der Waals surface area contributed by atoms with Crippen LogP contribution in [0.1, 0.15) is 54.5 Å². The largest absolute Gasteiger partial charge is 0.395 e. The highest BCUT2D eigenvalue weighted by atomic mass is 28.4. The van der Waals surface area contributed by atoms with Crippen LogP contribution in [0.4, 0.5) is 15.5 Å². The van der Waals surface area contributed by atoms with Crippen LogP contribution in [0.15, 0.2) is 90.2 Å². The zero-order valence-electron chi connectivity index (χ0n) is 27.2. The molecular weight excluding hydrogens is 628 g/mol. The molecule has 3 aliphatic rings. The maximum Gasteiger partial charge on any atom is 0.261 e. The molecule has 1 fully saturated rings. The number of anilines is 2. The first-order chi connectivity index (χ1) is 23.1. The van der Waals surface area contributed by atoms with Gasteiger partial charge in [0.25, 0.3) is 5.91 Å². The highest BCUT2D eigenvalue weighted by Crippen LogP contribution is 2.59. The molecule has 248 valence electrons. The van der Waals surface area contributed by atoms with Crippen LogP contribution < -0.4 is 10.3 Å². The third-order valence-corrected chi connectivity index (χ3v) is 12.5. The number of nitrogens with zero attached hydrogens (tertiary/aromatic N) is 5. The summed E-state index contributed by atoms with van der Waals surface area (Å²) in [7, 11) is -3.37. The fourth-order valence-corrected chi connectivity index (χ4v) is 10.3. The quantitative estimate of drug-likeness (QED) is 0.173. The van der Waals surface area contributed by atoms with Crippen molar-refractivity contribution in [3.8, 4) is 0 Å². The number of aryl methyl sites for hydroxylation is 1. The number of aliphatic hydroxyl groups excluding tert-OH is 1. The number of benzene rings is 3. The molecule has 0 radical (unpaired) electrons. The van der Waals surface area contributed by atoms with Gasteiger partial charge in [-0.2, -0.15) is 5.10 Å². The van der Waals surface area contributed by atoms with Crippen LogP contribution in [0, 0.1) is 5.92 Å². The Bertz CT molecular complexity index is 1860. The average Bonchev–Trinajstić information content (AvgIpc) is 3.75. The van der Waals surface area contributed by atoms with E-state index in [0.717, 1.165) is 16.8 Å². The van der Waals surface area contributed by atoms with Crippen LogP contribution in [0.25, 0.3) is 0 Å². The Morgan fingerprint density at radius 3 is 2.50 bits per heavy atom. The summed E-state index contributed by atoms with van der Waals surface area (Å²) in [5, 5.41) is 27.8. The number of carbonyl (C=O) groups is 2. The lowest BCUT2D eigenvalue weighted by Crippen LogP contribution is -2.42. The van der Waals surface area contributed by atoms with Crippen LogP contribution in [0.2, 0.25) is 18.6 Å². The van der Waals surface area contributed by atoms with Gasteiger partial charge in [0.2, 0.25) is 14.3 Å². The third kappa shape index (κ3) is 5.57. The van der Waals surface area contributed by atoms with E-state index >= 15 is 4.11 Å². The number of amides is 2. The average molecular weight is 667 g/mol. The van der Waals surface area contributed by atoms with Gasteiger partial charge in [-0.1, -0.05) is 72.8 Å². The van der Waals surface area contributed by atoms with Crippen molar-refractivity contribution < 1.29 is 23.5 Å². The lowest BCUT2D eigenvalue weighted by Gasteiger charge is -2.31. The molecule has 2 N–H and O–H groups in total. The monoisotopic (exact) mass is 666 g/mol. The minimum absolute atomic E-state index is 0.114. The maximum atomic E-state index is 16.2. The summed E-state index contributed by atoms with van der Waals surface area (Å²) < 4.78 is 24.7. The van der Waals surface area contributed by atoms with Crippen molar-refractivity contribution >= 4 is 37.3 Å². The molecule has 3 aromatic carbocycles. The van der Waals surface area contributed by atoms with Gasteiger partial charge in [-0.3, -0.25) is 14.3 Å². The first-order valence-corrected chi connectivity index (χ1v) is 19.4. The Kier molecular flexibility index (Phi) is 8.34. The van der Waals surface area contributed by atoms with Gasteiger partial charge in [0.05, 0.1) is 35.7 Å². The van der Waals surface area contributed by atoms with Crippen molar-refractivity contribution in [2.45, 2.75) is 69.0 Å². The molecule has 2 amide bonds. The summed E-state index contributed by atoms with van der Waals surface area (Å²) in [6.07, 6.45) is 2.49. The molecule has 1 unspecified atom stereocenters. The van der Waals surface area contributed by atoms with Crippen molar-refractivity contribution in [2.24, 2.45) is 11.0 Å². The topological polar surface area (TPSA) is 122 Å². The number of fused-ring (bicyclic) bond motifs is 2. The van der Waals surface area contributed by atoms with E-state index < -0.39 is 31.6 Å². The molecule has 1 saturated heterocycles. The first-order valence-electron chi connectivity index (χ1n) is 16.4. The number of halogens is 1. The molecule has 12 heteroatoms. The van der Waals surface area contributed by atoms with Crippen LogP contribution in [-0.4, -0.2) is 58.7 Å². The Balaban J connectivity index is 1.18. The summed E-state index contributed by atoms with van der Waals surface area (Å²) in [6.45, 7) is 5.51. The van der Waals surface area contributed by atoms with Gasteiger partial charge in [-0.25, -0.2) is 5.01 Å². The Hall–Kier alpha value is -4.52. The van der Waals surface area contributed by atoms with Crippen molar-refractivity contribution in [1.82, 2.24) is 15.0 Å². The number of nitrogens with one attached hydrogen (secondary N) is 1. The predicted octanol–water partition coefficient (Wildman–Crippen LogP) is 5.75. The van der Waals surface area contributed by atoms with Crippen LogP contribution in [-0.2, 0) is 26.5 Å². The molecule has 4 heterocycles. The second-order valence-corrected chi connectivity index (χ2v) is 17.2. The minimum Gasteiger partial charge on any atom is -0.395 e. The molecule has 1 aromatic heterocycles. The smallest absolute Gasteiger partial charge is 0.261 e. The zero-order chi connectivity index (χ0) is 33.6. The fraction of sp³-hybridized carbons (Fsp3) is 0.361. The number of hydrazone groups is 1. The molecule has 0 bridgehead atoms. The van der Waals surface area contributed by atoms with Crippen molar-refractivity contribution in [2.75, 3.05) is 16.9 Å². The standard InChI is InChI=1S/C36H39FN6O4Si/c1-23-34(48(2,3)37)32(18-19-42-21-31(39-41-42)27(22-44)24-10-6-4-7-11-24)47-36(23)28-20-26(14-15-30(28)38-35(36)46)43-33(45)17-16-29(40-43)25-12-8-5-9-13-25/h4-15,20-21,23,27,32,34,44H,16-19,22H2,1-3H3,(H,38,46)/t23-,27?,32+,34-,36+/m1/s1. The van der Waals surface area contributed by atoms with E-state index in [1.807, 2.05) is 67.6 Å². The lowest BCUT2D eigenvalue weighted by molar-refractivity contribution is -0.143. The molecule has 7 rings (SSSR count). The minimum atomic E-state index is -3.37. The Morgan fingerprint density at radius 1 is 1.06 bits per heavy atom. The van der Waals surface area contributed by atoms with Crippen LogP contribution >= 0.6 is 0 Å². The predicted molar refractivity (Wildman–Crippen MR) is 183 cm³/mol. The fourth-order valence-electron chi connectivity index (χ4n) is 7.75. The van der Waals surface area contributed by atoms with Crippen molar-refractivity contribution in [3.05, 3.63) is 107 Å². The maximum absolute atomic E-state index is 16.2. The molecule has 1 spiro atoms. The number of hydrogen-bond acceptors (Lipinski definition) is 7. The number of carbonyl (C=O) groups excluding carboxylic acids is 2. The van der Waals surface area contributed by atoms with Gasteiger partial charge < -0.3 is 19.3 Å². The highest BCUT2D eigenvalue weighted by Gasteiger charge is 2.65. The third-order valence-electron chi connectivity index (χ3n) is 10.0. The number of aliphatic hydroxyl groups is 1. The van der Waals surface area contributed by atoms with Crippen molar-refractivity contribution in [1.29, 1.82) is 0 Å². The number of hydrogen-bond donors (Lipinski definition) is 2. The SMILES string of the molecule is C[C@@H]1[C@@H]([Si](C)(C)F)[C@H](CCn2cc(C(CO)c3ccccc3)nn2)O[C@@]12C(=O)Nc1ccc(N3N=C(c4ccccc4)CCC3=O)cc12. The summed E-state index contributed by atoms with van der Waals surface area (Å²) in [5.74, 6) is -1.27. The van der Waals surface area contributed by atoms with E-state index in [-0.39, 0.29) is 24.3 Å². The summed E-state index contributed by atoms with van der Waals surface area (Å²) in [5.41, 5.74) is 3.12. The molecule has 0 saturated carbocycles. The van der Waals surface area contributed by atoms with Gasteiger partial charge in [-0.05, 0) is 48.8 Å². The second kappa shape index (κ2) is 12.5. The van der Waals surface area contributed by atoms with Gasteiger partial charge in [0, 0.05) is 48.3 Å². The Labute approximate surface area is 279 Å². The molecule has 0 aliphatic carbocycles. The summed E-state index contributed by atoms with van der Waals surface area (Å²) >= 11 is 0. The number of rotatable bonds is 9. The Morgan fingerprint density at radius 2 is 1.79 bits per heavy atom. The van der Waals surface area contributed by atoms with E-state index in [1.165, 1.54) is 5.01 Å². The van der Waals surface area contributed by atoms with Gasteiger partial charge >= 0.3 is 0 Å². The summed E-state index contributed by atoms with van der Waals surface area (Å²) in [6, 6.07) is 24.7.